The Balaban J connectivity index is 2.35. The lowest BCUT2D eigenvalue weighted by atomic mass is 10.2. The SMILES string of the molecule is Cc1cc(Br)c(F)cc1Nc1nsnc1Cl. The Hall–Kier alpha value is -0.720. The van der Waals surface area contributed by atoms with E-state index in [9.17, 15) is 4.39 Å². The number of aromatic nitrogens is 2. The number of nitrogens with zero attached hydrogens (tertiary/aromatic N) is 2. The minimum atomic E-state index is -0.340. The van der Waals surface area contributed by atoms with Crippen molar-refractivity contribution in [3.05, 3.63) is 33.1 Å². The number of benzene rings is 1. The minimum absolute atomic E-state index is 0.285. The highest BCUT2D eigenvalue weighted by atomic mass is 79.9. The molecule has 0 bridgehead atoms. The summed E-state index contributed by atoms with van der Waals surface area (Å²) in [4.78, 5) is 0. The van der Waals surface area contributed by atoms with E-state index in [2.05, 4.69) is 30.0 Å². The minimum Gasteiger partial charge on any atom is -0.336 e. The Morgan fingerprint density at radius 2 is 2.19 bits per heavy atom. The topological polar surface area (TPSA) is 37.8 Å². The molecule has 0 unspecified atom stereocenters. The van der Waals surface area contributed by atoms with Crippen LogP contribution in [0.25, 0.3) is 0 Å². The lowest BCUT2D eigenvalue weighted by molar-refractivity contribution is 0.621. The molecule has 2 rings (SSSR count). The van der Waals surface area contributed by atoms with E-state index in [0.717, 1.165) is 17.3 Å². The summed E-state index contributed by atoms with van der Waals surface area (Å²) in [7, 11) is 0. The van der Waals surface area contributed by atoms with Gasteiger partial charge < -0.3 is 5.32 Å². The van der Waals surface area contributed by atoms with E-state index >= 15 is 0 Å². The molecular formula is C9H6BrClFN3S. The molecule has 0 fully saturated rings. The van der Waals surface area contributed by atoms with Crippen molar-refractivity contribution in [1.29, 1.82) is 0 Å². The standard InChI is InChI=1S/C9H6BrClFN3S/c1-4-2-5(10)6(12)3-7(4)13-9-8(11)14-16-15-9/h2-3H,1H3,(H,13,15). The van der Waals surface area contributed by atoms with Gasteiger partial charge in [-0.3, -0.25) is 0 Å². The molecule has 0 aliphatic heterocycles. The predicted octanol–water partition coefficient (Wildman–Crippen LogP) is 4.15. The van der Waals surface area contributed by atoms with Gasteiger partial charge in [0.1, 0.15) is 5.82 Å². The Kier molecular flexibility index (Phi) is 3.41. The van der Waals surface area contributed by atoms with Gasteiger partial charge >= 0.3 is 0 Å². The number of hydrogen-bond acceptors (Lipinski definition) is 4. The average Bonchev–Trinajstić information content (AvgIpc) is 2.61. The molecule has 3 nitrogen and oxygen atoms in total. The summed E-state index contributed by atoms with van der Waals surface area (Å²) in [5.41, 5.74) is 1.51. The molecule has 7 heteroatoms. The number of halogens is 3. The fourth-order valence-corrected chi connectivity index (χ4v) is 2.26. The van der Waals surface area contributed by atoms with Gasteiger partial charge in [-0.25, -0.2) is 4.39 Å². The van der Waals surface area contributed by atoms with Crippen molar-refractivity contribution in [2.75, 3.05) is 5.32 Å². The summed E-state index contributed by atoms with van der Waals surface area (Å²) in [6.45, 7) is 1.86. The van der Waals surface area contributed by atoms with Crippen LogP contribution in [0, 0.1) is 12.7 Å². The zero-order valence-corrected chi connectivity index (χ0v) is 11.2. The number of anilines is 2. The quantitative estimate of drug-likeness (QED) is 0.903. The highest BCUT2D eigenvalue weighted by Gasteiger charge is 2.09. The van der Waals surface area contributed by atoms with Gasteiger partial charge in [-0.2, -0.15) is 8.75 Å². The van der Waals surface area contributed by atoms with Gasteiger partial charge in [0.2, 0.25) is 0 Å². The lowest BCUT2D eigenvalue weighted by Gasteiger charge is -2.08. The first-order valence-corrected chi connectivity index (χ1v) is 6.19. The van der Waals surface area contributed by atoms with Crippen LogP contribution in [0.3, 0.4) is 0 Å². The molecular weight excluding hydrogens is 317 g/mol. The van der Waals surface area contributed by atoms with Crippen LogP contribution >= 0.6 is 39.3 Å². The maximum atomic E-state index is 13.3. The first kappa shape index (κ1) is 11.8. The van der Waals surface area contributed by atoms with Gasteiger partial charge in [-0.1, -0.05) is 11.6 Å². The maximum absolute atomic E-state index is 13.3. The van der Waals surface area contributed by atoms with Crippen LogP contribution in [-0.4, -0.2) is 8.75 Å². The summed E-state index contributed by atoms with van der Waals surface area (Å²) in [5, 5.41) is 3.22. The smallest absolute Gasteiger partial charge is 0.187 e. The summed E-state index contributed by atoms with van der Waals surface area (Å²) in [6, 6.07) is 3.07. The Morgan fingerprint density at radius 3 is 2.81 bits per heavy atom. The molecule has 0 aliphatic rings. The average molecular weight is 323 g/mol. The molecule has 16 heavy (non-hydrogen) atoms. The molecule has 0 aliphatic carbocycles. The molecule has 0 amide bonds. The zero-order chi connectivity index (χ0) is 11.7. The normalized spacial score (nSPS) is 10.5. The maximum Gasteiger partial charge on any atom is 0.187 e. The van der Waals surface area contributed by atoms with Gasteiger partial charge in [0.25, 0.3) is 0 Å². The highest BCUT2D eigenvalue weighted by Crippen LogP contribution is 2.28. The van der Waals surface area contributed by atoms with Gasteiger partial charge in [0.15, 0.2) is 11.0 Å². The van der Waals surface area contributed by atoms with Crippen LogP contribution in [0.2, 0.25) is 5.15 Å². The number of rotatable bonds is 2. The molecule has 1 N–H and O–H groups in total. The van der Waals surface area contributed by atoms with Crippen molar-refractivity contribution in [3.63, 3.8) is 0 Å². The summed E-state index contributed by atoms with van der Waals surface area (Å²) >= 11 is 9.90. The third-order valence-electron chi connectivity index (χ3n) is 1.97. The fraction of sp³-hybridized carbons (Fsp3) is 0.111. The number of hydrogen-bond donors (Lipinski definition) is 1. The molecule has 0 saturated heterocycles. The molecule has 0 saturated carbocycles. The van der Waals surface area contributed by atoms with Gasteiger partial charge in [-0.15, -0.1) is 0 Å². The molecule has 1 aromatic heterocycles. The van der Waals surface area contributed by atoms with Crippen molar-refractivity contribution >= 4 is 50.8 Å². The van der Waals surface area contributed by atoms with Crippen LogP contribution in [0.15, 0.2) is 16.6 Å². The number of aryl methyl sites for hydroxylation is 1. The van der Waals surface area contributed by atoms with Crippen LogP contribution in [0.1, 0.15) is 5.56 Å². The van der Waals surface area contributed by atoms with E-state index in [1.54, 1.807) is 6.07 Å². The molecule has 1 aromatic carbocycles. The zero-order valence-electron chi connectivity index (χ0n) is 8.09. The Labute approximate surface area is 109 Å². The lowest BCUT2D eigenvalue weighted by Crippen LogP contribution is -1.95. The highest BCUT2D eigenvalue weighted by molar-refractivity contribution is 9.10. The third-order valence-corrected chi connectivity index (χ3v) is 3.47. The van der Waals surface area contributed by atoms with Gasteiger partial charge in [0, 0.05) is 5.69 Å². The van der Waals surface area contributed by atoms with Crippen LogP contribution < -0.4 is 5.32 Å². The monoisotopic (exact) mass is 321 g/mol. The largest absolute Gasteiger partial charge is 0.336 e. The Morgan fingerprint density at radius 1 is 1.44 bits per heavy atom. The van der Waals surface area contributed by atoms with Crippen molar-refractivity contribution in [1.82, 2.24) is 8.75 Å². The molecule has 0 radical (unpaired) electrons. The number of nitrogens with one attached hydrogen (secondary N) is 1. The molecule has 0 spiro atoms. The van der Waals surface area contributed by atoms with Crippen LogP contribution in [-0.2, 0) is 0 Å². The molecule has 84 valence electrons. The van der Waals surface area contributed by atoms with E-state index in [1.807, 2.05) is 6.92 Å². The van der Waals surface area contributed by atoms with E-state index in [1.165, 1.54) is 6.07 Å². The second kappa shape index (κ2) is 4.65. The van der Waals surface area contributed by atoms with Crippen LogP contribution in [0.4, 0.5) is 15.9 Å². The van der Waals surface area contributed by atoms with Crippen molar-refractivity contribution in [2.24, 2.45) is 0 Å². The molecule has 2 aromatic rings. The van der Waals surface area contributed by atoms with Crippen LogP contribution in [0.5, 0.6) is 0 Å². The first-order valence-electron chi connectivity index (χ1n) is 4.28. The van der Waals surface area contributed by atoms with E-state index < -0.39 is 0 Å². The van der Waals surface area contributed by atoms with Gasteiger partial charge in [0.05, 0.1) is 16.2 Å². The molecule has 0 atom stereocenters. The van der Waals surface area contributed by atoms with E-state index in [4.69, 9.17) is 11.6 Å². The summed E-state index contributed by atoms with van der Waals surface area (Å²) in [6.07, 6.45) is 0. The first-order chi connectivity index (χ1) is 7.58. The summed E-state index contributed by atoms with van der Waals surface area (Å²) in [5.74, 6) is 0.101. The second-order valence-electron chi connectivity index (χ2n) is 3.11. The summed E-state index contributed by atoms with van der Waals surface area (Å²) < 4.78 is 21.5. The predicted molar refractivity (Wildman–Crippen MR) is 67.0 cm³/mol. The second-order valence-corrected chi connectivity index (χ2v) is 4.85. The van der Waals surface area contributed by atoms with Crippen molar-refractivity contribution < 1.29 is 4.39 Å². The van der Waals surface area contributed by atoms with E-state index in [0.29, 0.717) is 16.0 Å². The fourth-order valence-electron chi connectivity index (χ4n) is 1.16. The Bertz CT molecular complexity index is 531. The van der Waals surface area contributed by atoms with Gasteiger partial charge in [-0.05, 0) is 40.5 Å². The third kappa shape index (κ3) is 2.34. The van der Waals surface area contributed by atoms with E-state index in [-0.39, 0.29) is 11.0 Å². The molecule has 1 heterocycles. The van der Waals surface area contributed by atoms with Crippen molar-refractivity contribution in [3.8, 4) is 0 Å². The van der Waals surface area contributed by atoms with Crippen molar-refractivity contribution in [2.45, 2.75) is 6.92 Å².